The van der Waals surface area contributed by atoms with E-state index < -0.39 is 11.4 Å². The summed E-state index contributed by atoms with van der Waals surface area (Å²) in [4.78, 5) is 39.0. The van der Waals surface area contributed by atoms with E-state index in [1.807, 2.05) is 13.8 Å². The molecule has 0 fully saturated rings. The Hall–Kier alpha value is -3.35. The van der Waals surface area contributed by atoms with E-state index in [2.05, 4.69) is 23.9 Å². The molecule has 2 amide bonds. The summed E-state index contributed by atoms with van der Waals surface area (Å²) < 4.78 is 10.6. The molecule has 0 bridgehead atoms. The molecule has 164 valence electrons. The minimum atomic E-state index is -0.654. The zero-order valence-electron chi connectivity index (χ0n) is 18.5. The van der Waals surface area contributed by atoms with Gasteiger partial charge in [0.25, 0.3) is 5.91 Å². The van der Waals surface area contributed by atoms with E-state index in [1.165, 1.54) is 7.11 Å². The number of nitrogens with one attached hydrogen (secondary N) is 1. The van der Waals surface area contributed by atoms with Crippen molar-refractivity contribution in [2.75, 3.05) is 30.5 Å². The molecule has 31 heavy (non-hydrogen) atoms. The number of ether oxygens (including phenoxy) is 2. The molecule has 2 aromatic carbocycles. The van der Waals surface area contributed by atoms with Crippen molar-refractivity contribution >= 4 is 29.2 Å². The predicted octanol–water partition coefficient (Wildman–Crippen LogP) is 4.13. The van der Waals surface area contributed by atoms with Crippen molar-refractivity contribution in [3.05, 3.63) is 53.6 Å². The molecule has 0 spiro atoms. The highest BCUT2D eigenvalue weighted by molar-refractivity contribution is 6.05. The summed E-state index contributed by atoms with van der Waals surface area (Å²) in [6.07, 6.45) is 0. The molecule has 1 aliphatic heterocycles. The fraction of sp³-hybridized carbons (Fsp3) is 0.375. The molecule has 2 aromatic rings. The maximum Gasteiger partial charge on any atom is 0.337 e. The number of hydrogen-bond donors (Lipinski definition) is 1. The highest BCUT2D eigenvalue weighted by Gasteiger charge is 2.38. The third-order valence-corrected chi connectivity index (χ3v) is 5.04. The zero-order chi connectivity index (χ0) is 22.8. The molecular weight excluding hydrogens is 396 g/mol. The number of carbonyl (C=O) groups is 3. The fourth-order valence-corrected chi connectivity index (χ4v) is 3.35. The number of carbonyl (C=O) groups excluding carboxylic acids is 3. The summed E-state index contributed by atoms with van der Waals surface area (Å²) in [5, 5.41) is 2.84. The van der Waals surface area contributed by atoms with E-state index in [0.29, 0.717) is 34.8 Å². The van der Waals surface area contributed by atoms with Crippen LogP contribution in [0.15, 0.2) is 42.5 Å². The summed E-state index contributed by atoms with van der Waals surface area (Å²) in [7, 11) is 1.31. The number of methoxy groups -OCH3 is 1. The molecule has 3 rings (SSSR count). The Balaban J connectivity index is 1.84. The Labute approximate surface area is 182 Å². The normalized spacial score (nSPS) is 15.0. The maximum atomic E-state index is 13.1. The van der Waals surface area contributed by atoms with Crippen LogP contribution < -0.4 is 15.0 Å². The first-order chi connectivity index (χ1) is 14.6. The van der Waals surface area contributed by atoms with Crippen LogP contribution in [0.3, 0.4) is 0 Å². The Morgan fingerprint density at radius 2 is 1.77 bits per heavy atom. The van der Waals surface area contributed by atoms with Gasteiger partial charge in [0.15, 0.2) is 0 Å². The van der Waals surface area contributed by atoms with Gasteiger partial charge in [0.05, 0.1) is 23.8 Å². The van der Waals surface area contributed by atoms with Gasteiger partial charge in [-0.3, -0.25) is 9.59 Å². The fourth-order valence-electron chi connectivity index (χ4n) is 3.35. The van der Waals surface area contributed by atoms with E-state index in [9.17, 15) is 14.4 Å². The van der Waals surface area contributed by atoms with Crippen LogP contribution in [0.4, 0.5) is 11.4 Å². The Bertz CT molecular complexity index is 996. The van der Waals surface area contributed by atoms with Gasteiger partial charge in [0, 0.05) is 23.9 Å². The van der Waals surface area contributed by atoms with Crippen molar-refractivity contribution in [1.82, 2.24) is 0 Å². The second-order valence-electron chi connectivity index (χ2n) is 8.69. The van der Waals surface area contributed by atoms with E-state index in [-0.39, 0.29) is 24.3 Å². The highest BCUT2D eigenvalue weighted by atomic mass is 16.5. The number of nitrogens with zero attached hydrogens (tertiary/aromatic N) is 1. The lowest BCUT2D eigenvalue weighted by molar-refractivity contribution is -0.127. The minimum Gasteiger partial charge on any atom is -0.490 e. The number of hydrogen-bond acceptors (Lipinski definition) is 5. The first-order valence-electron chi connectivity index (χ1n) is 10.2. The molecule has 0 radical (unpaired) electrons. The summed E-state index contributed by atoms with van der Waals surface area (Å²) >= 11 is 0. The van der Waals surface area contributed by atoms with E-state index in [1.54, 1.807) is 47.4 Å². The number of amides is 2. The van der Waals surface area contributed by atoms with Gasteiger partial charge in [0.2, 0.25) is 5.91 Å². The van der Waals surface area contributed by atoms with Crippen LogP contribution in [-0.4, -0.2) is 38.0 Å². The van der Waals surface area contributed by atoms with Crippen molar-refractivity contribution in [1.29, 1.82) is 0 Å². The van der Waals surface area contributed by atoms with Crippen LogP contribution in [0.1, 0.15) is 48.4 Å². The first-order valence-corrected chi connectivity index (χ1v) is 10.2. The van der Waals surface area contributed by atoms with Gasteiger partial charge in [-0.05, 0) is 56.2 Å². The van der Waals surface area contributed by atoms with Crippen LogP contribution in [0, 0.1) is 11.3 Å². The second-order valence-corrected chi connectivity index (χ2v) is 8.69. The smallest absolute Gasteiger partial charge is 0.337 e. The van der Waals surface area contributed by atoms with Crippen molar-refractivity contribution in [2.45, 2.75) is 27.7 Å². The first kappa shape index (κ1) is 22.3. The lowest BCUT2D eigenvalue weighted by atomic mass is 9.92. The molecule has 0 saturated carbocycles. The number of fused-ring (bicyclic) bond motifs is 1. The second kappa shape index (κ2) is 8.79. The lowest BCUT2D eigenvalue weighted by Gasteiger charge is -2.29. The topological polar surface area (TPSA) is 84.9 Å². The van der Waals surface area contributed by atoms with E-state index in [4.69, 9.17) is 4.74 Å². The van der Waals surface area contributed by atoms with Crippen LogP contribution in [0.2, 0.25) is 0 Å². The Kier molecular flexibility index (Phi) is 6.34. The van der Waals surface area contributed by atoms with Crippen LogP contribution in [0.25, 0.3) is 0 Å². The zero-order valence-corrected chi connectivity index (χ0v) is 18.5. The Morgan fingerprint density at radius 3 is 2.39 bits per heavy atom. The quantitative estimate of drug-likeness (QED) is 0.730. The number of esters is 1. The molecule has 1 aliphatic rings. The molecule has 0 unspecified atom stereocenters. The Morgan fingerprint density at radius 1 is 1.13 bits per heavy atom. The summed E-state index contributed by atoms with van der Waals surface area (Å²) in [6.45, 7) is 8.69. The van der Waals surface area contributed by atoms with Crippen LogP contribution in [-0.2, 0) is 9.53 Å². The monoisotopic (exact) mass is 424 g/mol. The molecule has 7 heteroatoms. The third-order valence-electron chi connectivity index (χ3n) is 5.04. The summed E-state index contributed by atoms with van der Waals surface area (Å²) in [5.41, 5.74) is 1.37. The van der Waals surface area contributed by atoms with Crippen LogP contribution in [0.5, 0.6) is 5.75 Å². The van der Waals surface area contributed by atoms with Gasteiger partial charge in [0.1, 0.15) is 12.4 Å². The molecule has 0 aliphatic carbocycles. The SMILES string of the molecule is COC(=O)c1ccc(C(=O)Nc2ccc3c(c2)OCC(C)(C)C(=O)N3CC(C)C)cc1. The largest absolute Gasteiger partial charge is 0.490 e. The minimum absolute atomic E-state index is 0.0161. The molecular formula is C24H28N2O5. The third kappa shape index (κ3) is 4.87. The van der Waals surface area contributed by atoms with E-state index >= 15 is 0 Å². The number of anilines is 2. The van der Waals surface area contributed by atoms with Gasteiger partial charge in [-0.25, -0.2) is 4.79 Å². The molecule has 7 nitrogen and oxygen atoms in total. The van der Waals surface area contributed by atoms with Crippen molar-refractivity contribution < 1.29 is 23.9 Å². The molecule has 1 N–H and O–H groups in total. The average Bonchev–Trinajstić information content (AvgIpc) is 2.83. The molecule has 0 saturated heterocycles. The van der Waals surface area contributed by atoms with Gasteiger partial charge in [-0.1, -0.05) is 13.8 Å². The molecule has 1 heterocycles. The van der Waals surface area contributed by atoms with Crippen molar-refractivity contribution in [2.24, 2.45) is 11.3 Å². The van der Waals surface area contributed by atoms with Crippen molar-refractivity contribution in [3.63, 3.8) is 0 Å². The van der Waals surface area contributed by atoms with Gasteiger partial charge in [-0.15, -0.1) is 0 Å². The van der Waals surface area contributed by atoms with Crippen LogP contribution >= 0.6 is 0 Å². The summed E-state index contributed by atoms with van der Waals surface area (Å²) in [5.74, 6) is 0.0811. The van der Waals surface area contributed by atoms with E-state index in [0.717, 1.165) is 0 Å². The highest BCUT2D eigenvalue weighted by Crippen LogP contribution is 2.38. The maximum absolute atomic E-state index is 13.1. The standard InChI is InChI=1S/C24H28N2O5/c1-15(2)13-26-19-11-10-18(12-20(19)31-14-24(3,4)23(26)29)25-21(27)16-6-8-17(9-7-16)22(28)30-5/h6-12,15H,13-14H2,1-5H3,(H,25,27). The van der Waals surface area contributed by atoms with Gasteiger partial charge < -0.3 is 19.7 Å². The average molecular weight is 424 g/mol. The number of rotatable bonds is 5. The van der Waals surface area contributed by atoms with Gasteiger partial charge >= 0.3 is 5.97 Å². The predicted molar refractivity (Wildman–Crippen MR) is 119 cm³/mol. The summed E-state index contributed by atoms with van der Waals surface area (Å²) in [6, 6.07) is 11.5. The number of benzene rings is 2. The van der Waals surface area contributed by atoms with Gasteiger partial charge in [-0.2, -0.15) is 0 Å². The molecule has 0 atom stereocenters. The lowest BCUT2D eigenvalue weighted by Crippen LogP contribution is -2.43. The van der Waals surface area contributed by atoms with Crippen molar-refractivity contribution in [3.8, 4) is 5.75 Å². The molecule has 0 aromatic heterocycles.